The van der Waals surface area contributed by atoms with Gasteiger partial charge in [0.2, 0.25) is 11.5 Å². The lowest BCUT2D eigenvalue weighted by molar-refractivity contribution is 0.304. The maximum atomic E-state index is 6.06. The first kappa shape index (κ1) is 23.4. The van der Waals surface area contributed by atoms with Gasteiger partial charge in [-0.2, -0.15) is 0 Å². The second-order valence-corrected chi connectivity index (χ2v) is 10.3. The van der Waals surface area contributed by atoms with Gasteiger partial charge in [-0.05, 0) is 46.9 Å². The van der Waals surface area contributed by atoms with Crippen molar-refractivity contribution in [2.24, 2.45) is 0 Å². The zero-order chi connectivity index (χ0) is 24.3. The summed E-state index contributed by atoms with van der Waals surface area (Å²) in [6, 6.07) is 4.23. The number of hydrogen-bond acceptors (Lipinski definition) is 6. The Morgan fingerprint density at radius 1 is 0.515 bits per heavy atom. The minimum atomic E-state index is -0.354. The van der Waals surface area contributed by atoms with Crippen LogP contribution < -0.4 is 28.4 Å². The van der Waals surface area contributed by atoms with E-state index >= 15 is 0 Å². The smallest absolute Gasteiger partial charge is 0.203 e. The highest BCUT2D eigenvalue weighted by Gasteiger charge is 2.60. The first-order valence-corrected chi connectivity index (χ1v) is 11.2. The normalized spacial score (nSPS) is 18.5. The van der Waals surface area contributed by atoms with E-state index in [0.29, 0.717) is 23.0 Å². The molecule has 33 heavy (non-hydrogen) atoms. The highest BCUT2D eigenvalue weighted by molar-refractivity contribution is 5.74. The van der Waals surface area contributed by atoms with Crippen LogP contribution in [0.15, 0.2) is 12.1 Å². The fourth-order valence-electron chi connectivity index (χ4n) is 6.57. The van der Waals surface area contributed by atoms with Crippen molar-refractivity contribution >= 4 is 0 Å². The number of methoxy groups -OCH3 is 6. The molecule has 0 unspecified atom stereocenters. The molecule has 0 aliphatic heterocycles. The van der Waals surface area contributed by atoms with E-state index in [4.69, 9.17) is 28.4 Å². The van der Waals surface area contributed by atoms with Gasteiger partial charge < -0.3 is 28.4 Å². The van der Waals surface area contributed by atoms with E-state index in [1.54, 1.807) is 42.7 Å². The lowest BCUT2D eigenvalue weighted by atomic mass is 9.72. The molecule has 2 aromatic carbocycles. The summed E-state index contributed by atoms with van der Waals surface area (Å²) in [7, 11) is 10.0. The van der Waals surface area contributed by atoms with Crippen molar-refractivity contribution in [3.63, 3.8) is 0 Å². The molecule has 4 rings (SSSR count). The van der Waals surface area contributed by atoms with Crippen LogP contribution >= 0.6 is 0 Å². The number of rotatable bonds is 6. The Morgan fingerprint density at radius 2 is 0.848 bits per heavy atom. The van der Waals surface area contributed by atoms with Crippen molar-refractivity contribution in [1.82, 2.24) is 0 Å². The Morgan fingerprint density at radius 3 is 1.12 bits per heavy atom. The van der Waals surface area contributed by atoms with Crippen molar-refractivity contribution in [2.45, 2.75) is 56.8 Å². The molecule has 2 aliphatic rings. The van der Waals surface area contributed by atoms with Crippen LogP contribution in [0, 0.1) is 0 Å². The van der Waals surface area contributed by atoms with Crippen LogP contribution in [0.5, 0.6) is 34.5 Å². The largest absolute Gasteiger partial charge is 0.493 e. The highest BCUT2D eigenvalue weighted by atomic mass is 16.5. The lowest BCUT2D eigenvalue weighted by Crippen LogP contribution is -2.27. The molecule has 6 heteroatoms. The van der Waals surface area contributed by atoms with Gasteiger partial charge >= 0.3 is 0 Å². The summed E-state index contributed by atoms with van der Waals surface area (Å²) in [5.41, 5.74) is 4.09. The average Bonchev–Trinajstić information content (AvgIpc) is 3.15. The first-order valence-electron chi connectivity index (χ1n) is 11.2. The van der Waals surface area contributed by atoms with Crippen LogP contribution in [0.4, 0.5) is 0 Å². The summed E-state index contributed by atoms with van der Waals surface area (Å²) in [4.78, 5) is 0. The van der Waals surface area contributed by atoms with Crippen LogP contribution in [-0.4, -0.2) is 42.7 Å². The molecule has 6 nitrogen and oxygen atoms in total. The molecular weight excluding hydrogens is 420 g/mol. The summed E-state index contributed by atoms with van der Waals surface area (Å²) < 4.78 is 35.1. The average molecular weight is 457 g/mol. The zero-order valence-corrected chi connectivity index (χ0v) is 21.5. The molecule has 0 amide bonds. The summed E-state index contributed by atoms with van der Waals surface area (Å²) in [6.07, 6.45) is 1.79. The Bertz CT molecular complexity index is 1010. The summed E-state index contributed by atoms with van der Waals surface area (Å²) in [5, 5.41) is 0. The third-order valence-electron chi connectivity index (χ3n) is 7.56. The van der Waals surface area contributed by atoms with Crippen molar-refractivity contribution in [2.75, 3.05) is 42.7 Å². The minimum absolute atomic E-state index is 0.127. The van der Waals surface area contributed by atoms with Crippen LogP contribution in [0.25, 0.3) is 0 Å². The van der Waals surface area contributed by atoms with Crippen LogP contribution in [-0.2, 0) is 16.2 Å². The molecule has 180 valence electrons. The van der Waals surface area contributed by atoms with Crippen LogP contribution in [0.2, 0.25) is 0 Å². The second kappa shape index (κ2) is 7.64. The monoisotopic (exact) mass is 456 g/mol. The van der Waals surface area contributed by atoms with Crippen molar-refractivity contribution in [3.8, 4) is 34.5 Å². The molecular formula is C27H36O6. The first-order chi connectivity index (χ1) is 15.6. The Balaban J connectivity index is 2.19. The van der Waals surface area contributed by atoms with Crippen molar-refractivity contribution in [1.29, 1.82) is 0 Å². The van der Waals surface area contributed by atoms with E-state index in [1.807, 2.05) is 0 Å². The number of benzene rings is 2. The van der Waals surface area contributed by atoms with Gasteiger partial charge in [0.1, 0.15) is 0 Å². The van der Waals surface area contributed by atoms with Gasteiger partial charge in [-0.1, -0.05) is 27.7 Å². The number of fused-ring (bicyclic) bond motifs is 4. The summed E-state index contributed by atoms with van der Waals surface area (Å²) >= 11 is 0. The molecule has 0 heterocycles. The van der Waals surface area contributed by atoms with Gasteiger partial charge in [0.15, 0.2) is 23.0 Å². The predicted octanol–water partition coefficient (Wildman–Crippen LogP) is 5.39. The van der Waals surface area contributed by atoms with E-state index in [-0.39, 0.29) is 16.2 Å². The molecule has 0 atom stereocenters. The highest BCUT2D eigenvalue weighted by Crippen LogP contribution is 2.69. The zero-order valence-electron chi connectivity index (χ0n) is 21.5. The lowest BCUT2D eigenvalue weighted by Gasteiger charge is -2.32. The molecule has 0 fully saturated rings. The quantitative estimate of drug-likeness (QED) is 0.581. The van der Waals surface area contributed by atoms with Gasteiger partial charge in [0, 0.05) is 16.5 Å². The minimum Gasteiger partial charge on any atom is -0.493 e. The van der Waals surface area contributed by atoms with E-state index in [2.05, 4.69) is 39.8 Å². The second-order valence-electron chi connectivity index (χ2n) is 10.3. The standard InChI is InChI=1S/C27H36O6/c1-25(2)13-27(19-15(25)11-17(28-5)21(30-7)23(19)32-9)14-26(3,4)16-12-18(29-6)22(31-8)24(33-10)20(16)27/h11-12H,13-14H2,1-10H3. The molecule has 0 saturated carbocycles. The van der Waals surface area contributed by atoms with Gasteiger partial charge in [-0.25, -0.2) is 0 Å². The summed E-state index contributed by atoms with van der Waals surface area (Å²) in [6.45, 7) is 9.13. The number of ether oxygens (including phenoxy) is 6. The van der Waals surface area contributed by atoms with E-state index in [0.717, 1.165) is 35.5 Å². The Labute approximate surface area is 197 Å². The fraction of sp³-hybridized carbons (Fsp3) is 0.556. The van der Waals surface area contributed by atoms with E-state index in [9.17, 15) is 0 Å². The Kier molecular flexibility index (Phi) is 5.42. The molecule has 2 aromatic rings. The number of hydrogen-bond donors (Lipinski definition) is 0. The maximum absolute atomic E-state index is 6.06. The molecule has 0 radical (unpaired) electrons. The van der Waals surface area contributed by atoms with Crippen LogP contribution in [0.1, 0.15) is 62.8 Å². The topological polar surface area (TPSA) is 55.4 Å². The SMILES string of the molecule is COc1cc2c(c(OC)c1OC)C1(CC2(C)C)CC(C)(C)c2cc(OC)c(OC)c(OC)c21. The van der Waals surface area contributed by atoms with Crippen molar-refractivity contribution in [3.05, 3.63) is 34.4 Å². The Hall–Kier alpha value is -2.76. The van der Waals surface area contributed by atoms with E-state index < -0.39 is 0 Å². The third-order valence-corrected chi connectivity index (χ3v) is 7.56. The van der Waals surface area contributed by atoms with Gasteiger partial charge in [-0.3, -0.25) is 0 Å². The molecule has 0 saturated heterocycles. The fourth-order valence-corrected chi connectivity index (χ4v) is 6.57. The third kappa shape index (κ3) is 2.99. The molecule has 2 aliphatic carbocycles. The van der Waals surface area contributed by atoms with Gasteiger partial charge in [-0.15, -0.1) is 0 Å². The summed E-state index contributed by atoms with van der Waals surface area (Å²) in [5.74, 6) is 4.02. The van der Waals surface area contributed by atoms with Crippen molar-refractivity contribution < 1.29 is 28.4 Å². The molecule has 1 spiro atoms. The predicted molar refractivity (Wildman–Crippen MR) is 128 cm³/mol. The molecule has 0 bridgehead atoms. The maximum Gasteiger partial charge on any atom is 0.203 e. The van der Waals surface area contributed by atoms with Gasteiger partial charge in [0.25, 0.3) is 0 Å². The molecule has 0 aromatic heterocycles. The molecule has 0 N–H and O–H groups in total. The van der Waals surface area contributed by atoms with Gasteiger partial charge in [0.05, 0.1) is 42.7 Å². The van der Waals surface area contributed by atoms with E-state index in [1.165, 1.54) is 11.1 Å². The van der Waals surface area contributed by atoms with Crippen LogP contribution in [0.3, 0.4) is 0 Å².